The molecule has 0 aliphatic rings. The van der Waals surface area contributed by atoms with Crippen LogP contribution in [0.25, 0.3) is 0 Å². The van der Waals surface area contributed by atoms with E-state index in [-0.39, 0.29) is 11.1 Å². The summed E-state index contributed by atoms with van der Waals surface area (Å²) >= 11 is 1.52. The van der Waals surface area contributed by atoms with Crippen molar-refractivity contribution in [3.05, 3.63) is 34.4 Å². The maximum absolute atomic E-state index is 12.1. The molecule has 0 aromatic carbocycles. The summed E-state index contributed by atoms with van der Waals surface area (Å²) in [5.74, 6) is 0.666. The van der Waals surface area contributed by atoms with Crippen LogP contribution in [0.1, 0.15) is 30.6 Å². The zero-order chi connectivity index (χ0) is 13.2. The van der Waals surface area contributed by atoms with Crippen LogP contribution in [-0.4, -0.2) is 18.4 Å². The third kappa shape index (κ3) is 2.80. The first kappa shape index (κ1) is 13.3. The molecule has 98 valence electrons. The summed E-state index contributed by atoms with van der Waals surface area (Å²) in [5, 5.41) is 2.04. The highest BCUT2D eigenvalue weighted by Crippen LogP contribution is 2.20. The predicted molar refractivity (Wildman–Crippen MR) is 71.0 cm³/mol. The standard InChI is InChI=1S/C11H15N3O2S2/c1-3-10-12-7-11(13-10)18(15,16)14-8(2)9-5-4-6-17-9/h4-8,14H,3H2,1-2H3,(H,12,13). The molecule has 0 radical (unpaired) electrons. The normalized spacial score (nSPS) is 13.7. The fraction of sp³-hybridized carbons (Fsp3) is 0.364. The van der Waals surface area contributed by atoms with Gasteiger partial charge in [0.2, 0.25) is 0 Å². The van der Waals surface area contributed by atoms with Gasteiger partial charge in [-0.15, -0.1) is 11.3 Å². The van der Waals surface area contributed by atoms with Gasteiger partial charge in [0.15, 0.2) is 5.03 Å². The lowest BCUT2D eigenvalue weighted by molar-refractivity contribution is 0.565. The number of thiophene rings is 1. The SMILES string of the molecule is CCc1ncc(S(=O)(=O)NC(C)c2cccs2)[nH]1. The lowest BCUT2D eigenvalue weighted by Gasteiger charge is -2.11. The minimum Gasteiger partial charge on any atom is -0.332 e. The van der Waals surface area contributed by atoms with Crippen molar-refractivity contribution in [1.29, 1.82) is 0 Å². The summed E-state index contributed by atoms with van der Waals surface area (Å²) in [4.78, 5) is 7.77. The molecular formula is C11H15N3O2S2. The van der Waals surface area contributed by atoms with Crippen LogP contribution in [0.15, 0.2) is 28.7 Å². The molecule has 2 aromatic rings. The topological polar surface area (TPSA) is 74.8 Å². The van der Waals surface area contributed by atoms with Gasteiger partial charge < -0.3 is 4.98 Å². The molecule has 0 saturated heterocycles. The molecule has 7 heteroatoms. The van der Waals surface area contributed by atoms with Gasteiger partial charge in [-0.25, -0.2) is 18.1 Å². The van der Waals surface area contributed by atoms with Crippen LogP contribution in [0, 0.1) is 0 Å². The largest absolute Gasteiger partial charge is 0.332 e. The van der Waals surface area contributed by atoms with Crippen molar-refractivity contribution in [2.75, 3.05) is 0 Å². The average molecular weight is 285 g/mol. The van der Waals surface area contributed by atoms with Crippen LogP contribution in [0.4, 0.5) is 0 Å². The van der Waals surface area contributed by atoms with Gasteiger partial charge in [0.1, 0.15) is 5.82 Å². The monoisotopic (exact) mass is 285 g/mol. The third-order valence-electron chi connectivity index (χ3n) is 2.53. The van der Waals surface area contributed by atoms with Crippen molar-refractivity contribution in [1.82, 2.24) is 14.7 Å². The van der Waals surface area contributed by atoms with Crippen LogP contribution in [-0.2, 0) is 16.4 Å². The number of hydrogen-bond donors (Lipinski definition) is 2. The number of rotatable bonds is 5. The lowest BCUT2D eigenvalue weighted by atomic mass is 10.3. The number of sulfonamides is 1. The molecule has 1 atom stereocenters. The van der Waals surface area contributed by atoms with E-state index in [1.54, 1.807) is 0 Å². The number of imidazole rings is 1. The summed E-state index contributed by atoms with van der Waals surface area (Å²) in [6, 6.07) is 3.56. The molecule has 0 spiro atoms. The van der Waals surface area contributed by atoms with E-state index in [0.717, 1.165) is 4.88 Å². The first-order valence-corrected chi connectivity index (χ1v) is 7.99. The van der Waals surface area contributed by atoms with Gasteiger partial charge in [-0.1, -0.05) is 13.0 Å². The van der Waals surface area contributed by atoms with Crippen LogP contribution < -0.4 is 4.72 Å². The third-order valence-corrected chi connectivity index (χ3v) is 5.04. The van der Waals surface area contributed by atoms with E-state index in [1.165, 1.54) is 17.5 Å². The van der Waals surface area contributed by atoms with E-state index < -0.39 is 10.0 Å². The maximum atomic E-state index is 12.1. The maximum Gasteiger partial charge on any atom is 0.258 e. The molecule has 18 heavy (non-hydrogen) atoms. The van der Waals surface area contributed by atoms with Crippen LogP contribution >= 0.6 is 11.3 Å². The van der Waals surface area contributed by atoms with Crippen molar-refractivity contribution < 1.29 is 8.42 Å². The summed E-state index contributed by atoms with van der Waals surface area (Å²) in [6.07, 6.45) is 2.03. The Kier molecular flexibility index (Phi) is 3.84. The van der Waals surface area contributed by atoms with Gasteiger partial charge in [0.05, 0.1) is 12.2 Å². The van der Waals surface area contributed by atoms with Gasteiger partial charge in [-0.2, -0.15) is 0 Å². The van der Waals surface area contributed by atoms with Crippen molar-refractivity contribution >= 4 is 21.4 Å². The minimum absolute atomic E-state index is 0.114. The molecule has 0 aliphatic heterocycles. The van der Waals surface area contributed by atoms with Crippen molar-refractivity contribution in [3.8, 4) is 0 Å². The van der Waals surface area contributed by atoms with E-state index in [2.05, 4.69) is 14.7 Å². The van der Waals surface area contributed by atoms with Crippen molar-refractivity contribution in [2.24, 2.45) is 0 Å². The highest BCUT2D eigenvalue weighted by Gasteiger charge is 2.20. The Morgan fingerprint density at radius 2 is 2.33 bits per heavy atom. The van der Waals surface area contributed by atoms with Gasteiger partial charge in [0.25, 0.3) is 10.0 Å². The Hall–Kier alpha value is -1.18. The van der Waals surface area contributed by atoms with E-state index in [4.69, 9.17) is 0 Å². The molecular weight excluding hydrogens is 270 g/mol. The summed E-state index contributed by atoms with van der Waals surface area (Å²) in [6.45, 7) is 3.73. The molecule has 2 rings (SSSR count). The summed E-state index contributed by atoms with van der Waals surface area (Å²) < 4.78 is 26.8. The molecule has 2 N–H and O–H groups in total. The molecule has 2 aromatic heterocycles. The van der Waals surface area contributed by atoms with Gasteiger partial charge >= 0.3 is 0 Å². The zero-order valence-electron chi connectivity index (χ0n) is 10.2. The first-order chi connectivity index (χ1) is 8.53. The molecule has 1 unspecified atom stereocenters. The second-order valence-electron chi connectivity index (χ2n) is 3.91. The molecule has 5 nitrogen and oxygen atoms in total. The van der Waals surface area contributed by atoms with Crippen molar-refractivity contribution in [3.63, 3.8) is 0 Å². The van der Waals surface area contributed by atoms with E-state index in [1.807, 2.05) is 31.4 Å². The Bertz CT molecular complexity index is 602. The van der Waals surface area contributed by atoms with Crippen LogP contribution in [0.3, 0.4) is 0 Å². The number of aryl methyl sites for hydroxylation is 1. The Morgan fingerprint density at radius 1 is 1.56 bits per heavy atom. The highest BCUT2D eigenvalue weighted by molar-refractivity contribution is 7.89. The average Bonchev–Trinajstić information content (AvgIpc) is 3.00. The number of aromatic amines is 1. The number of aromatic nitrogens is 2. The molecule has 0 fully saturated rings. The van der Waals surface area contributed by atoms with Gasteiger partial charge in [-0.3, -0.25) is 0 Å². The molecule has 0 aliphatic carbocycles. The molecule has 0 amide bonds. The minimum atomic E-state index is -3.54. The number of nitrogens with one attached hydrogen (secondary N) is 2. The molecule has 0 bridgehead atoms. The zero-order valence-corrected chi connectivity index (χ0v) is 11.8. The van der Waals surface area contributed by atoms with Gasteiger partial charge in [0, 0.05) is 11.3 Å². The number of hydrogen-bond acceptors (Lipinski definition) is 4. The van der Waals surface area contributed by atoms with Crippen molar-refractivity contribution in [2.45, 2.75) is 31.3 Å². The Labute approximate surface area is 110 Å². The highest BCUT2D eigenvalue weighted by atomic mass is 32.2. The second-order valence-corrected chi connectivity index (χ2v) is 6.57. The molecule has 2 heterocycles. The van der Waals surface area contributed by atoms with E-state index in [9.17, 15) is 8.42 Å². The van der Waals surface area contributed by atoms with Crippen LogP contribution in [0.2, 0.25) is 0 Å². The Morgan fingerprint density at radius 3 is 2.89 bits per heavy atom. The number of H-pyrrole nitrogens is 1. The smallest absolute Gasteiger partial charge is 0.258 e. The van der Waals surface area contributed by atoms with Crippen LogP contribution in [0.5, 0.6) is 0 Å². The fourth-order valence-corrected chi connectivity index (χ4v) is 3.52. The van der Waals surface area contributed by atoms with E-state index >= 15 is 0 Å². The van der Waals surface area contributed by atoms with E-state index in [0.29, 0.717) is 12.2 Å². The van der Waals surface area contributed by atoms with Gasteiger partial charge in [-0.05, 0) is 18.4 Å². The second kappa shape index (κ2) is 5.21. The first-order valence-electron chi connectivity index (χ1n) is 5.62. The summed E-state index contributed by atoms with van der Waals surface area (Å²) in [5.41, 5.74) is 0. The Balaban J connectivity index is 2.17. The fourth-order valence-electron chi connectivity index (χ4n) is 1.55. The lowest BCUT2D eigenvalue weighted by Crippen LogP contribution is -2.26. The summed E-state index contributed by atoms with van der Waals surface area (Å²) in [7, 11) is -3.54. The quantitative estimate of drug-likeness (QED) is 0.883. The molecule has 0 saturated carbocycles. The predicted octanol–water partition coefficient (Wildman–Crippen LogP) is 2.07. The number of nitrogens with zero attached hydrogens (tertiary/aromatic N) is 1.